The van der Waals surface area contributed by atoms with Crippen LogP contribution in [0.15, 0.2) is 83.8 Å². The molecular weight excluding hydrogens is 404 g/mol. The summed E-state index contributed by atoms with van der Waals surface area (Å²) in [6.45, 7) is 1.87. The summed E-state index contributed by atoms with van der Waals surface area (Å²) in [4.78, 5) is 23.0. The van der Waals surface area contributed by atoms with Crippen molar-refractivity contribution in [2.24, 2.45) is 0 Å². The summed E-state index contributed by atoms with van der Waals surface area (Å²) in [6.07, 6.45) is 2.63. The van der Waals surface area contributed by atoms with Gasteiger partial charge in [0, 0.05) is 17.3 Å². The minimum atomic E-state index is -3.74. The number of para-hydroxylation sites is 1. The Bertz CT molecular complexity index is 1220. The molecule has 0 spiro atoms. The Hall–Kier alpha value is -3.78. The molecule has 0 atom stereocenters. The molecule has 3 aromatic rings. The molecule has 3 aromatic carbocycles. The number of benzene rings is 3. The number of allylic oxidation sites excluding steroid dienone is 1. The van der Waals surface area contributed by atoms with Crippen LogP contribution in [0.5, 0.6) is 0 Å². The Morgan fingerprint density at radius 1 is 0.967 bits per heavy atom. The van der Waals surface area contributed by atoms with Gasteiger partial charge in [0.15, 0.2) is 5.78 Å². The van der Waals surface area contributed by atoms with Crippen molar-refractivity contribution >= 4 is 33.3 Å². The van der Waals surface area contributed by atoms with Crippen molar-refractivity contribution < 1.29 is 18.1 Å². The lowest BCUT2D eigenvalue weighted by Crippen LogP contribution is -2.13. The van der Waals surface area contributed by atoms with Crippen molar-refractivity contribution in [1.82, 2.24) is 0 Å². The summed E-state index contributed by atoms with van der Waals surface area (Å²) in [7, 11) is -3.74. The van der Waals surface area contributed by atoms with Crippen LogP contribution in [0.4, 0.5) is 11.4 Å². The molecular formula is C22H18N2O5S. The maximum atomic E-state index is 12.4. The lowest BCUT2D eigenvalue weighted by atomic mass is 10.1. The zero-order valence-electron chi connectivity index (χ0n) is 16.0. The number of anilines is 1. The van der Waals surface area contributed by atoms with Crippen LogP contribution in [0.25, 0.3) is 6.08 Å². The summed E-state index contributed by atoms with van der Waals surface area (Å²) in [5.41, 5.74) is 1.81. The number of carbonyl (C=O) groups excluding carboxylic acids is 1. The number of nitrogens with one attached hydrogen (secondary N) is 1. The number of rotatable bonds is 7. The molecule has 0 aliphatic heterocycles. The molecule has 0 amide bonds. The quantitative estimate of drug-likeness (QED) is 0.259. The van der Waals surface area contributed by atoms with Crippen molar-refractivity contribution in [3.05, 3.63) is 106 Å². The van der Waals surface area contributed by atoms with Gasteiger partial charge in [0.25, 0.3) is 15.7 Å². The van der Waals surface area contributed by atoms with E-state index in [1.807, 2.05) is 6.92 Å². The number of hydrogen-bond acceptors (Lipinski definition) is 5. The van der Waals surface area contributed by atoms with Crippen LogP contribution in [0, 0.1) is 17.0 Å². The molecule has 0 unspecified atom stereocenters. The van der Waals surface area contributed by atoms with Gasteiger partial charge in [-0.05, 0) is 61.5 Å². The molecule has 152 valence electrons. The second-order valence-corrected chi connectivity index (χ2v) is 8.19. The maximum absolute atomic E-state index is 12.4. The summed E-state index contributed by atoms with van der Waals surface area (Å²) < 4.78 is 27.3. The maximum Gasteiger partial charge on any atom is 0.276 e. The molecule has 0 heterocycles. The van der Waals surface area contributed by atoms with Gasteiger partial charge >= 0.3 is 0 Å². The summed E-state index contributed by atoms with van der Waals surface area (Å²) in [5, 5.41) is 11.0. The summed E-state index contributed by atoms with van der Waals surface area (Å²) in [5.74, 6) is -0.360. The smallest absolute Gasteiger partial charge is 0.276 e. The van der Waals surface area contributed by atoms with E-state index in [2.05, 4.69) is 4.72 Å². The monoisotopic (exact) mass is 422 g/mol. The molecule has 8 heteroatoms. The van der Waals surface area contributed by atoms with Crippen LogP contribution in [0.1, 0.15) is 21.5 Å². The van der Waals surface area contributed by atoms with E-state index >= 15 is 0 Å². The number of ketones is 1. The van der Waals surface area contributed by atoms with Gasteiger partial charge in [0.2, 0.25) is 0 Å². The number of nitrogens with zero attached hydrogens (tertiary/aromatic N) is 1. The topological polar surface area (TPSA) is 106 Å². The Morgan fingerprint density at radius 2 is 1.60 bits per heavy atom. The van der Waals surface area contributed by atoms with Gasteiger partial charge in [-0.25, -0.2) is 8.42 Å². The minimum absolute atomic E-state index is 0.0950. The molecule has 0 aliphatic rings. The predicted molar refractivity (Wildman–Crippen MR) is 115 cm³/mol. The first kappa shape index (κ1) is 20.9. The molecule has 0 fully saturated rings. The van der Waals surface area contributed by atoms with Gasteiger partial charge in [-0.2, -0.15) is 0 Å². The van der Waals surface area contributed by atoms with Crippen LogP contribution in [-0.4, -0.2) is 19.1 Å². The van der Waals surface area contributed by atoms with Crippen molar-refractivity contribution in [3.63, 3.8) is 0 Å². The van der Waals surface area contributed by atoms with Gasteiger partial charge < -0.3 is 0 Å². The second kappa shape index (κ2) is 8.71. The van der Waals surface area contributed by atoms with Crippen molar-refractivity contribution in [1.29, 1.82) is 0 Å². The van der Waals surface area contributed by atoms with Crippen LogP contribution in [-0.2, 0) is 10.0 Å². The average molecular weight is 422 g/mol. The van der Waals surface area contributed by atoms with E-state index < -0.39 is 14.9 Å². The molecule has 30 heavy (non-hydrogen) atoms. The van der Waals surface area contributed by atoms with Crippen LogP contribution >= 0.6 is 0 Å². The summed E-state index contributed by atoms with van der Waals surface area (Å²) >= 11 is 0. The van der Waals surface area contributed by atoms with Crippen molar-refractivity contribution in [2.45, 2.75) is 11.8 Å². The number of sulfonamides is 1. The normalized spacial score (nSPS) is 11.4. The molecule has 1 N–H and O–H groups in total. The Morgan fingerprint density at radius 3 is 2.23 bits per heavy atom. The van der Waals surface area contributed by atoms with Gasteiger partial charge in [-0.15, -0.1) is 0 Å². The van der Waals surface area contributed by atoms with E-state index in [4.69, 9.17) is 0 Å². The Kier molecular flexibility index (Phi) is 6.08. The Balaban J connectivity index is 1.73. The third-order valence-electron chi connectivity index (χ3n) is 4.30. The first-order valence-corrected chi connectivity index (χ1v) is 10.4. The SMILES string of the molecule is Cc1ccc(S(=O)(=O)Nc2ccc(C(=O)/C=C/c3ccccc3[N+](=O)[O-])cc2)cc1. The lowest BCUT2D eigenvalue weighted by molar-refractivity contribution is -0.385. The largest absolute Gasteiger partial charge is 0.289 e. The Labute approximate surface area is 173 Å². The van der Waals surface area contributed by atoms with Crippen molar-refractivity contribution in [2.75, 3.05) is 4.72 Å². The zero-order valence-corrected chi connectivity index (χ0v) is 16.8. The van der Waals surface area contributed by atoms with E-state index in [-0.39, 0.29) is 16.4 Å². The molecule has 0 aromatic heterocycles. The van der Waals surface area contributed by atoms with Gasteiger partial charge in [-0.3, -0.25) is 19.6 Å². The van der Waals surface area contributed by atoms with E-state index in [1.54, 1.807) is 30.3 Å². The summed E-state index contributed by atoms with van der Waals surface area (Å²) in [6, 6.07) is 18.5. The fraction of sp³-hybridized carbons (Fsp3) is 0.0455. The predicted octanol–water partition coefficient (Wildman–Crippen LogP) is 4.60. The molecule has 0 saturated heterocycles. The average Bonchev–Trinajstić information content (AvgIpc) is 2.72. The van der Waals surface area contributed by atoms with E-state index in [0.717, 1.165) is 5.56 Å². The van der Waals surface area contributed by atoms with Gasteiger partial charge in [0.1, 0.15) is 0 Å². The molecule has 0 saturated carbocycles. The number of carbonyl (C=O) groups is 1. The fourth-order valence-corrected chi connectivity index (χ4v) is 3.75. The number of aryl methyl sites for hydroxylation is 1. The first-order valence-electron chi connectivity index (χ1n) is 8.92. The number of nitro groups is 1. The molecule has 0 radical (unpaired) electrons. The highest BCUT2D eigenvalue weighted by Gasteiger charge is 2.14. The van der Waals surface area contributed by atoms with E-state index in [1.165, 1.54) is 54.6 Å². The van der Waals surface area contributed by atoms with E-state index in [0.29, 0.717) is 16.8 Å². The minimum Gasteiger partial charge on any atom is -0.289 e. The highest BCUT2D eigenvalue weighted by atomic mass is 32.2. The van der Waals surface area contributed by atoms with Crippen LogP contribution in [0.2, 0.25) is 0 Å². The third-order valence-corrected chi connectivity index (χ3v) is 5.70. The zero-order chi connectivity index (χ0) is 21.7. The molecule has 7 nitrogen and oxygen atoms in total. The number of hydrogen-bond donors (Lipinski definition) is 1. The number of nitro benzene ring substituents is 1. The fourth-order valence-electron chi connectivity index (χ4n) is 2.69. The first-order chi connectivity index (χ1) is 14.3. The molecule has 0 aliphatic carbocycles. The molecule has 0 bridgehead atoms. The van der Waals surface area contributed by atoms with Crippen molar-refractivity contribution in [3.8, 4) is 0 Å². The second-order valence-electron chi connectivity index (χ2n) is 6.51. The van der Waals surface area contributed by atoms with Gasteiger partial charge in [0.05, 0.1) is 15.4 Å². The third kappa shape index (κ3) is 4.98. The van der Waals surface area contributed by atoms with E-state index in [9.17, 15) is 23.3 Å². The standard InChI is InChI=1S/C22H18N2O5S/c1-16-6-13-20(14-7-16)30(28,29)23-19-11-8-18(9-12-19)22(25)15-10-17-4-2-3-5-21(17)24(26)27/h2-15,23H,1H3/b15-10+. The highest BCUT2D eigenvalue weighted by molar-refractivity contribution is 7.92. The van der Waals surface area contributed by atoms with Crippen LogP contribution < -0.4 is 4.72 Å². The van der Waals surface area contributed by atoms with Gasteiger partial charge in [-0.1, -0.05) is 29.8 Å². The molecule has 3 rings (SSSR count). The van der Waals surface area contributed by atoms with Crippen LogP contribution in [0.3, 0.4) is 0 Å². The lowest BCUT2D eigenvalue weighted by Gasteiger charge is -2.08. The highest BCUT2D eigenvalue weighted by Crippen LogP contribution is 2.20.